The fourth-order valence-electron chi connectivity index (χ4n) is 3.07. The van der Waals surface area contributed by atoms with E-state index in [1.54, 1.807) is 0 Å². The molecule has 18 heavy (non-hydrogen) atoms. The van der Waals surface area contributed by atoms with Crippen molar-refractivity contribution in [3.05, 3.63) is 0 Å². The Morgan fingerprint density at radius 1 is 1.28 bits per heavy atom. The third-order valence-corrected chi connectivity index (χ3v) is 4.35. The number of rotatable bonds is 5. The second kappa shape index (κ2) is 7.16. The molecule has 1 fully saturated rings. The molecule has 0 aromatic rings. The lowest BCUT2D eigenvalue weighted by Gasteiger charge is -2.37. The molecule has 0 saturated heterocycles. The van der Waals surface area contributed by atoms with Gasteiger partial charge in [-0.05, 0) is 37.0 Å². The molecule has 4 unspecified atom stereocenters. The summed E-state index contributed by atoms with van der Waals surface area (Å²) in [4.78, 5) is 12.1. The Morgan fingerprint density at radius 2 is 1.94 bits per heavy atom. The zero-order valence-corrected chi connectivity index (χ0v) is 12.7. The highest BCUT2D eigenvalue weighted by Crippen LogP contribution is 2.35. The third kappa shape index (κ3) is 4.29. The molecule has 1 aliphatic carbocycles. The predicted octanol–water partition coefficient (Wildman–Crippen LogP) is 4.43. The minimum Gasteiger partial charge on any atom is -0.462 e. The van der Waals surface area contributed by atoms with Crippen LogP contribution in [-0.4, -0.2) is 12.1 Å². The Kier molecular flexibility index (Phi) is 6.17. The summed E-state index contributed by atoms with van der Waals surface area (Å²) >= 11 is 0. The fourth-order valence-corrected chi connectivity index (χ4v) is 3.07. The molecule has 0 bridgehead atoms. The van der Waals surface area contributed by atoms with Gasteiger partial charge in [0.15, 0.2) is 0 Å². The standard InChI is InChI=1S/C16H30O2/c1-6-7-13(5)16(17)18-15-10-12(4)8-9-14(15)11(2)3/h11-15H,6-10H2,1-5H3. The molecule has 0 aliphatic heterocycles. The molecule has 0 aromatic carbocycles. The van der Waals surface area contributed by atoms with Crippen molar-refractivity contribution in [3.63, 3.8) is 0 Å². The second-order valence-electron chi connectivity index (χ2n) is 6.49. The van der Waals surface area contributed by atoms with Crippen molar-refractivity contribution in [2.24, 2.45) is 23.7 Å². The zero-order chi connectivity index (χ0) is 13.7. The number of carbonyl (C=O) groups excluding carboxylic acids is 1. The largest absolute Gasteiger partial charge is 0.462 e. The topological polar surface area (TPSA) is 26.3 Å². The van der Waals surface area contributed by atoms with Crippen LogP contribution < -0.4 is 0 Å². The first-order chi connectivity index (χ1) is 8.45. The Balaban J connectivity index is 2.57. The first-order valence-electron chi connectivity index (χ1n) is 7.66. The van der Waals surface area contributed by atoms with E-state index in [4.69, 9.17) is 4.74 Å². The van der Waals surface area contributed by atoms with Crippen LogP contribution in [0.15, 0.2) is 0 Å². The number of hydrogen-bond acceptors (Lipinski definition) is 2. The van der Waals surface area contributed by atoms with Crippen molar-refractivity contribution in [1.29, 1.82) is 0 Å². The van der Waals surface area contributed by atoms with E-state index in [0.717, 1.165) is 19.3 Å². The summed E-state index contributed by atoms with van der Waals surface area (Å²) in [7, 11) is 0. The summed E-state index contributed by atoms with van der Waals surface area (Å²) in [6.07, 6.45) is 5.67. The van der Waals surface area contributed by atoms with Gasteiger partial charge in [0, 0.05) is 0 Å². The van der Waals surface area contributed by atoms with Crippen LogP contribution in [0.3, 0.4) is 0 Å². The summed E-state index contributed by atoms with van der Waals surface area (Å²) < 4.78 is 5.81. The average Bonchev–Trinajstić information content (AvgIpc) is 2.28. The Morgan fingerprint density at radius 3 is 2.50 bits per heavy atom. The van der Waals surface area contributed by atoms with E-state index in [0.29, 0.717) is 17.8 Å². The maximum absolute atomic E-state index is 12.1. The molecule has 0 heterocycles. The van der Waals surface area contributed by atoms with Gasteiger partial charge >= 0.3 is 5.97 Å². The van der Waals surface area contributed by atoms with Crippen molar-refractivity contribution in [2.75, 3.05) is 0 Å². The van der Waals surface area contributed by atoms with Crippen LogP contribution in [-0.2, 0) is 9.53 Å². The van der Waals surface area contributed by atoms with E-state index in [1.807, 2.05) is 6.92 Å². The lowest BCUT2D eigenvalue weighted by atomic mass is 9.75. The third-order valence-electron chi connectivity index (χ3n) is 4.35. The van der Waals surface area contributed by atoms with Gasteiger partial charge < -0.3 is 4.74 Å². The normalized spacial score (nSPS) is 30.2. The number of carbonyl (C=O) groups is 1. The number of esters is 1. The highest BCUT2D eigenvalue weighted by Gasteiger charge is 2.34. The first kappa shape index (κ1) is 15.5. The lowest BCUT2D eigenvalue weighted by Crippen LogP contribution is -2.37. The van der Waals surface area contributed by atoms with Gasteiger partial charge in [0.05, 0.1) is 5.92 Å². The Bertz CT molecular complexity index is 260. The van der Waals surface area contributed by atoms with Gasteiger partial charge in [-0.25, -0.2) is 0 Å². The van der Waals surface area contributed by atoms with Gasteiger partial charge in [-0.3, -0.25) is 4.79 Å². The number of hydrogen-bond donors (Lipinski definition) is 0. The molecular formula is C16H30O2. The van der Waals surface area contributed by atoms with Crippen molar-refractivity contribution < 1.29 is 9.53 Å². The molecule has 0 spiro atoms. The van der Waals surface area contributed by atoms with Gasteiger partial charge in [0.25, 0.3) is 0 Å². The van der Waals surface area contributed by atoms with Crippen molar-refractivity contribution in [3.8, 4) is 0 Å². The van der Waals surface area contributed by atoms with Gasteiger partial charge in [-0.1, -0.05) is 47.5 Å². The second-order valence-corrected chi connectivity index (χ2v) is 6.49. The van der Waals surface area contributed by atoms with E-state index in [2.05, 4.69) is 27.7 Å². The summed E-state index contributed by atoms with van der Waals surface area (Å²) in [6.45, 7) is 10.9. The maximum atomic E-state index is 12.1. The minimum absolute atomic E-state index is 0.0154. The lowest BCUT2D eigenvalue weighted by molar-refractivity contribution is -0.160. The molecule has 0 radical (unpaired) electrons. The Hall–Kier alpha value is -0.530. The van der Waals surface area contributed by atoms with E-state index in [1.165, 1.54) is 12.8 Å². The SMILES string of the molecule is CCCC(C)C(=O)OC1CC(C)CCC1C(C)C. The van der Waals surface area contributed by atoms with E-state index >= 15 is 0 Å². The summed E-state index contributed by atoms with van der Waals surface area (Å²) in [5.74, 6) is 1.93. The minimum atomic E-state index is 0.0154. The van der Waals surface area contributed by atoms with Crippen LogP contribution in [0.25, 0.3) is 0 Å². The summed E-state index contributed by atoms with van der Waals surface area (Å²) in [5.41, 5.74) is 0. The van der Waals surface area contributed by atoms with Crippen LogP contribution in [0, 0.1) is 23.7 Å². The molecule has 1 saturated carbocycles. The van der Waals surface area contributed by atoms with Crippen molar-refractivity contribution >= 4 is 5.97 Å². The van der Waals surface area contributed by atoms with E-state index < -0.39 is 0 Å². The molecule has 0 aromatic heterocycles. The molecule has 1 aliphatic rings. The monoisotopic (exact) mass is 254 g/mol. The molecule has 0 amide bonds. The highest BCUT2D eigenvalue weighted by molar-refractivity contribution is 5.72. The molecule has 4 atom stereocenters. The predicted molar refractivity (Wildman–Crippen MR) is 75.3 cm³/mol. The molecule has 0 N–H and O–H groups in total. The molecule has 2 heteroatoms. The Labute approximate surface area is 112 Å². The average molecular weight is 254 g/mol. The fraction of sp³-hybridized carbons (Fsp3) is 0.938. The van der Waals surface area contributed by atoms with Crippen LogP contribution in [0.4, 0.5) is 0 Å². The van der Waals surface area contributed by atoms with Gasteiger partial charge in [-0.2, -0.15) is 0 Å². The van der Waals surface area contributed by atoms with Crippen LogP contribution in [0.2, 0.25) is 0 Å². The van der Waals surface area contributed by atoms with Crippen molar-refractivity contribution in [2.45, 2.75) is 72.8 Å². The van der Waals surface area contributed by atoms with Crippen LogP contribution >= 0.6 is 0 Å². The van der Waals surface area contributed by atoms with Gasteiger partial charge in [-0.15, -0.1) is 0 Å². The van der Waals surface area contributed by atoms with Crippen molar-refractivity contribution in [1.82, 2.24) is 0 Å². The van der Waals surface area contributed by atoms with E-state index in [-0.39, 0.29) is 18.0 Å². The molecular weight excluding hydrogens is 224 g/mol. The smallest absolute Gasteiger partial charge is 0.308 e. The molecule has 106 valence electrons. The van der Waals surface area contributed by atoms with Crippen LogP contribution in [0.1, 0.15) is 66.7 Å². The van der Waals surface area contributed by atoms with E-state index in [9.17, 15) is 4.79 Å². The van der Waals surface area contributed by atoms with Gasteiger partial charge in [0.1, 0.15) is 6.10 Å². The quantitative estimate of drug-likeness (QED) is 0.679. The highest BCUT2D eigenvalue weighted by atomic mass is 16.5. The van der Waals surface area contributed by atoms with Crippen LogP contribution in [0.5, 0.6) is 0 Å². The molecule has 2 nitrogen and oxygen atoms in total. The number of ether oxygens (including phenoxy) is 1. The maximum Gasteiger partial charge on any atom is 0.308 e. The summed E-state index contributed by atoms with van der Waals surface area (Å²) in [6, 6.07) is 0. The first-order valence-corrected chi connectivity index (χ1v) is 7.66. The molecule has 1 rings (SSSR count). The zero-order valence-electron chi connectivity index (χ0n) is 12.7. The summed E-state index contributed by atoms with van der Waals surface area (Å²) in [5, 5.41) is 0. The van der Waals surface area contributed by atoms with Gasteiger partial charge in [0.2, 0.25) is 0 Å².